The van der Waals surface area contributed by atoms with E-state index in [0.717, 1.165) is 16.5 Å². The second kappa shape index (κ2) is 6.73. The van der Waals surface area contributed by atoms with Crippen LogP contribution in [0.1, 0.15) is 46.9 Å². The molecule has 1 aromatic heterocycles. The molecule has 5 heteroatoms. The molecule has 0 saturated heterocycles. The van der Waals surface area contributed by atoms with E-state index < -0.39 is 5.97 Å². The van der Waals surface area contributed by atoms with Crippen LogP contribution in [0.4, 0.5) is 0 Å². The van der Waals surface area contributed by atoms with Crippen LogP contribution in [0.15, 0.2) is 42.5 Å². The molecule has 2 aromatic carbocycles. The van der Waals surface area contributed by atoms with Gasteiger partial charge in [0.05, 0.1) is 5.69 Å². The van der Waals surface area contributed by atoms with Crippen LogP contribution < -0.4 is 5.11 Å². The standard InChI is InChI=1S/C20H18ClNO3/c1-11(2)13-5-8-17-15(9-13)16(10-18(23)24)19(22-17)20(25)12-3-6-14(21)7-4-12/h3-9,11,22H,10H2,1-2H3,(H,23,24)/p-1. The van der Waals surface area contributed by atoms with E-state index >= 15 is 0 Å². The zero-order valence-corrected chi connectivity index (χ0v) is 14.7. The molecule has 0 aliphatic heterocycles. The summed E-state index contributed by atoms with van der Waals surface area (Å²) < 4.78 is 0. The maximum Gasteiger partial charge on any atom is 0.209 e. The van der Waals surface area contributed by atoms with Crippen LogP contribution in [-0.2, 0) is 11.2 Å². The molecule has 0 aliphatic rings. The normalized spacial score (nSPS) is 11.2. The van der Waals surface area contributed by atoms with E-state index in [9.17, 15) is 14.7 Å². The van der Waals surface area contributed by atoms with Crippen molar-refractivity contribution >= 4 is 34.3 Å². The molecule has 1 N–H and O–H groups in total. The molecule has 0 aliphatic carbocycles. The Morgan fingerprint density at radius 1 is 1.12 bits per heavy atom. The average Bonchev–Trinajstić information content (AvgIpc) is 2.92. The first-order chi connectivity index (χ1) is 11.9. The highest BCUT2D eigenvalue weighted by molar-refractivity contribution is 6.30. The summed E-state index contributed by atoms with van der Waals surface area (Å²) in [5.41, 5.74) is 2.99. The van der Waals surface area contributed by atoms with Crippen molar-refractivity contribution in [1.29, 1.82) is 0 Å². The molecule has 0 saturated carbocycles. The summed E-state index contributed by atoms with van der Waals surface area (Å²) in [6, 6.07) is 12.3. The van der Waals surface area contributed by atoms with Crippen LogP contribution >= 0.6 is 11.6 Å². The lowest BCUT2D eigenvalue weighted by Crippen LogP contribution is -2.25. The quantitative estimate of drug-likeness (QED) is 0.713. The van der Waals surface area contributed by atoms with E-state index in [-0.39, 0.29) is 17.9 Å². The van der Waals surface area contributed by atoms with Gasteiger partial charge in [-0.2, -0.15) is 0 Å². The maximum atomic E-state index is 12.9. The van der Waals surface area contributed by atoms with Gasteiger partial charge in [0.1, 0.15) is 0 Å². The number of halogens is 1. The molecule has 0 unspecified atom stereocenters. The molecule has 0 amide bonds. The third-order valence-electron chi connectivity index (χ3n) is 4.25. The van der Waals surface area contributed by atoms with E-state index in [1.165, 1.54) is 0 Å². The predicted molar refractivity (Wildman–Crippen MR) is 96.0 cm³/mol. The van der Waals surface area contributed by atoms with Crippen molar-refractivity contribution in [2.75, 3.05) is 0 Å². The van der Waals surface area contributed by atoms with Crippen LogP contribution in [0.5, 0.6) is 0 Å². The van der Waals surface area contributed by atoms with Crippen LogP contribution in [0.2, 0.25) is 5.02 Å². The van der Waals surface area contributed by atoms with Gasteiger partial charge in [-0.3, -0.25) is 4.79 Å². The van der Waals surface area contributed by atoms with Gasteiger partial charge in [0.2, 0.25) is 5.78 Å². The number of rotatable bonds is 5. The Balaban J connectivity index is 2.17. The van der Waals surface area contributed by atoms with Crippen molar-refractivity contribution < 1.29 is 14.7 Å². The maximum absolute atomic E-state index is 12.9. The molecule has 0 radical (unpaired) electrons. The number of nitrogens with one attached hydrogen (secondary N) is 1. The highest BCUT2D eigenvalue weighted by Crippen LogP contribution is 2.28. The number of hydrogen-bond donors (Lipinski definition) is 1. The van der Waals surface area contributed by atoms with Crippen LogP contribution in [0, 0.1) is 0 Å². The lowest BCUT2D eigenvalue weighted by molar-refractivity contribution is -0.304. The van der Waals surface area contributed by atoms with Crippen molar-refractivity contribution in [1.82, 2.24) is 4.98 Å². The molecular weight excluding hydrogens is 338 g/mol. The number of fused-ring (bicyclic) bond motifs is 1. The zero-order chi connectivity index (χ0) is 18.1. The molecule has 1 heterocycles. The van der Waals surface area contributed by atoms with Gasteiger partial charge < -0.3 is 14.9 Å². The van der Waals surface area contributed by atoms with Crippen LogP contribution in [-0.4, -0.2) is 16.7 Å². The highest BCUT2D eigenvalue weighted by Gasteiger charge is 2.20. The summed E-state index contributed by atoms with van der Waals surface area (Å²) in [6.45, 7) is 4.12. The lowest BCUT2D eigenvalue weighted by atomic mass is 9.97. The molecule has 0 fully saturated rings. The Morgan fingerprint density at radius 2 is 1.80 bits per heavy atom. The van der Waals surface area contributed by atoms with Crippen molar-refractivity contribution in [2.45, 2.75) is 26.2 Å². The fourth-order valence-electron chi connectivity index (χ4n) is 2.89. The van der Waals surface area contributed by atoms with E-state index in [2.05, 4.69) is 18.8 Å². The summed E-state index contributed by atoms with van der Waals surface area (Å²) in [5.74, 6) is -1.19. The van der Waals surface area contributed by atoms with Crippen LogP contribution in [0.3, 0.4) is 0 Å². The number of carbonyl (C=O) groups is 2. The Labute approximate surface area is 150 Å². The van der Waals surface area contributed by atoms with Crippen LogP contribution in [0.25, 0.3) is 10.9 Å². The number of benzene rings is 2. The second-order valence-corrected chi connectivity index (χ2v) is 6.76. The number of aromatic amines is 1. The molecule has 128 valence electrons. The van der Waals surface area contributed by atoms with Gasteiger partial charge in [0.25, 0.3) is 0 Å². The largest absolute Gasteiger partial charge is 0.550 e. The third kappa shape index (κ3) is 3.44. The van der Waals surface area contributed by atoms with Gasteiger partial charge in [0.15, 0.2) is 0 Å². The Kier molecular flexibility index (Phi) is 4.64. The van der Waals surface area contributed by atoms with E-state index in [0.29, 0.717) is 22.1 Å². The van der Waals surface area contributed by atoms with E-state index in [4.69, 9.17) is 11.6 Å². The van der Waals surface area contributed by atoms with Gasteiger partial charge in [-0.25, -0.2) is 0 Å². The van der Waals surface area contributed by atoms with Crippen molar-refractivity contribution in [3.8, 4) is 0 Å². The van der Waals surface area contributed by atoms with E-state index in [1.54, 1.807) is 24.3 Å². The smallest absolute Gasteiger partial charge is 0.209 e. The molecule has 4 nitrogen and oxygen atoms in total. The Bertz CT molecular complexity index is 955. The van der Waals surface area contributed by atoms with Crippen molar-refractivity contribution in [3.63, 3.8) is 0 Å². The summed E-state index contributed by atoms with van der Waals surface area (Å²) in [6.07, 6.45) is -0.323. The number of carboxylic acids is 1. The average molecular weight is 355 g/mol. The first kappa shape index (κ1) is 17.2. The van der Waals surface area contributed by atoms with E-state index in [1.807, 2.05) is 18.2 Å². The first-order valence-corrected chi connectivity index (χ1v) is 8.39. The molecule has 3 rings (SSSR count). The van der Waals surface area contributed by atoms with Gasteiger partial charge in [-0.1, -0.05) is 31.5 Å². The molecule has 0 bridgehead atoms. The highest BCUT2D eigenvalue weighted by atomic mass is 35.5. The number of ketones is 1. The lowest BCUT2D eigenvalue weighted by Gasteiger charge is -2.08. The molecular formula is C20H17ClNO3-. The SMILES string of the molecule is CC(C)c1ccc2[nH]c(C(=O)c3ccc(Cl)cc3)c(CC(=O)[O-])c2c1. The minimum absolute atomic E-state index is 0.268. The topological polar surface area (TPSA) is 73.0 Å². The molecule has 0 atom stereocenters. The third-order valence-corrected chi connectivity index (χ3v) is 4.50. The Morgan fingerprint density at radius 3 is 2.40 bits per heavy atom. The number of H-pyrrole nitrogens is 1. The summed E-state index contributed by atoms with van der Waals surface area (Å²) in [4.78, 5) is 27.2. The fraction of sp³-hybridized carbons (Fsp3) is 0.200. The first-order valence-electron chi connectivity index (χ1n) is 8.01. The number of hydrogen-bond acceptors (Lipinski definition) is 3. The van der Waals surface area contributed by atoms with Crippen molar-refractivity contribution in [2.24, 2.45) is 0 Å². The predicted octanol–water partition coefficient (Wildman–Crippen LogP) is 3.47. The van der Waals surface area contributed by atoms with Gasteiger partial charge in [0, 0.05) is 33.9 Å². The molecule has 0 spiro atoms. The zero-order valence-electron chi connectivity index (χ0n) is 13.9. The number of aromatic nitrogens is 1. The minimum atomic E-state index is -1.22. The van der Waals surface area contributed by atoms with Gasteiger partial charge in [-0.15, -0.1) is 0 Å². The minimum Gasteiger partial charge on any atom is -0.550 e. The van der Waals surface area contributed by atoms with Gasteiger partial charge >= 0.3 is 0 Å². The molecule has 25 heavy (non-hydrogen) atoms. The summed E-state index contributed by atoms with van der Waals surface area (Å²) >= 11 is 5.87. The number of carbonyl (C=O) groups excluding carboxylic acids is 2. The molecule has 3 aromatic rings. The Hall–Kier alpha value is -2.59. The second-order valence-electron chi connectivity index (χ2n) is 6.32. The summed E-state index contributed by atoms with van der Waals surface area (Å²) in [5, 5.41) is 12.5. The fourth-order valence-corrected chi connectivity index (χ4v) is 3.02. The van der Waals surface area contributed by atoms with Gasteiger partial charge in [-0.05, 0) is 53.4 Å². The van der Waals surface area contributed by atoms with Crippen molar-refractivity contribution in [3.05, 3.63) is 69.9 Å². The summed E-state index contributed by atoms with van der Waals surface area (Å²) in [7, 11) is 0. The number of aliphatic carboxylic acids is 1. The number of carboxylic acid groups (broad SMARTS) is 1. The monoisotopic (exact) mass is 354 g/mol.